The second-order valence-corrected chi connectivity index (χ2v) is 3.54. The Hall–Kier alpha value is -0.690. The molecular formula is C8H18N2O4. The Morgan fingerprint density at radius 2 is 1.64 bits per heavy atom. The van der Waals surface area contributed by atoms with Gasteiger partial charge in [-0.3, -0.25) is 4.79 Å². The summed E-state index contributed by atoms with van der Waals surface area (Å²) < 4.78 is 0. The van der Waals surface area contributed by atoms with E-state index in [4.69, 9.17) is 15.3 Å². The van der Waals surface area contributed by atoms with Crippen molar-refractivity contribution in [1.82, 2.24) is 10.2 Å². The van der Waals surface area contributed by atoms with Crippen LogP contribution >= 0.6 is 0 Å². The molecular weight excluding hydrogens is 188 g/mol. The number of hydrogen-bond donors (Lipinski definition) is 4. The molecule has 0 unspecified atom stereocenters. The molecule has 6 heteroatoms. The molecule has 6 nitrogen and oxygen atoms in total. The molecule has 0 bridgehead atoms. The summed E-state index contributed by atoms with van der Waals surface area (Å²) in [4.78, 5) is 12.9. The summed E-state index contributed by atoms with van der Waals surface area (Å²) in [6.07, 6.45) is 0. The van der Waals surface area contributed by atoms with Gasteiger partial charge in [0.25, 0.3) is 0 Å². The molecule has 0 spiro atoms. The number of carbonyl (C=O) groups excluding carboxylic acids is 1. The fourth-order valence-electron chi connectivity index (χ4n) is 0.891. The first-order valence-corrected chi connectivity index (χ1v) is 4.28. The van der Waals surface area contributed by atoms with Gasteiger partial charge in [0.15, 0.2) is 0 Å². The summed E-state index contributed by atoms with van der Waals surface area (Å²) in [5.74, 6) is -0.354. The molecule has 0 fully saturated rings. The van der Waals surface area contributed by atoms with E-state index in [-0.39, 0.29) is 12.5 Å². The fraction of sp³-hybridized carbons (Fsp3) is 0.875. The van der Waals surface area contributed by atoms with Crippen molar-refractivity contribution in [2.45, 2.75) is 5.54 Å². The summed E-state index contributed by atoms with van der Waals surface area (Å²) in [7, 11) is 3.44. The molecule has 0 aliphatic carbocycles. The molecule has 0 saturated heterocycles. The molecule has 0 atom stereocenters. The standard InChI is InChI=1S/C8H18N2O4/c1-10(2)3-7(14)9-8(4-11,5-12)6-13/h11-13H,3-6H2,1-2H3,(H,9,14). The number of carbonyl (C=O) groups is 1. The van der Waals surface area contributed by atoms with E-state index >= 15 is 0 Å². The van der Waals surface area contributed by atoms with E-state index in [1.807, 2.05) is 0 Å². The van der Waals surface area contributed by atoms with Gasteiger partial charge >= 0.3 is 0 Å². The van der Waals surface area contributed by atoms with Crippen LogP contribution in [0.25, 0.3) is 0 Å². The Kier molecular flexibility index (Phi) is 5.63. The Labute approximate surface area is 83.1 Å². The van der Waals surface area contributed by atoms with Crippen LogP contribution in [0.2, 0.25) is 0 Å². The van der Waals surface area contributed by atoms with Gasteiger partial charge in [0.05, 0.1) is 26.4 Å². The Bertz CT molecular complexity index is 172. The third-order valence-corrected chi connectivity index (χ3v) is 1.77. The first kappa shape index (κ1) is 13.3. The second kappa shape index (κ2) is 5.92. The van der Waals surface area contributed by atoms with Gasteiger partial charge in [-0.15, -0.1) is 0 Å². The molecule has 0 aromatic carbocycles. The molecule has 0 heterocycles. The van der Waals surface area contributed by atoms with Crippen LogP contribution in [0.1, 0.15) is 0 Å². The Balaban J connectivity index is 4.22. The minimum Gasteiger partial charge on any atom is -0.394 e. The van der Waals surface area contributed by atoms with Crippen LogP contribution in [0.5, 0.6) is 0 Å². The lowest BCUT2D eigenvalue weighted by atomic mass is 10.0. The molecule has 0 aliphatic rings. The van der Waals surface area contributed by atoms with Gasteiger partial charge in [-0.25, -0.2) is 0 Å². The average molecular weight is 206 g/mol. The summed E-state index contributed by atoms with van der Waals surface area (Å²) in [5.41, 5.74) is -1.33. The lowest BCUT2D eigenvalue weighted by Gasteiger charge is -2.29. The van der Waals surface area contributed by atoms with Gasteiger partial charge < -0.3 is 25.5 Å². The Morgan fingerprint density at radius 1 is 1.21 bits per heavy atom. The first-order chi connectivity index (χ1) is 6.49. The highest BCUT2D eigenvalue weighted by atomic mass is 16.3. The number of nitrogens with one attached hydrogen (secondary N) is 1. The molecule has 0 radical (unpaired) electrons. The maximum Gasteiger partial charge on any atom is 0.234 e. The number of nitrogens with zero attached hydrogens (tertiary/aromatic N) is 1. The topological polar surface area (TPSA) is 93.0 Å². The van der Waals surface area contributed by atoms with Gasteiger partial charge in [0.2, 0.25) is 5.91 Å². The van der Waals surface area contributed by atoms with Crippen molar-refractivity contribution in [2.24, 2.45) is 0 Å². The molecule has 0 saturated carbocycles. The third kappa shape index (κ3) is 4.01. The Morgan fingerprint density at radius 3 is 1.93 bits per heavy atom. The van der Waals surface area contributed by atoms with Gasteiger partial charge in [0.1, 0.15) is 5.54 Å². The molecule has 1 amide bonds. The predicted octanol–water partition coefficient (Wildman–Crippen LogP) is -2.62. The van der Waals surface area contributed by atoms with Crippen molar-refractivity contribution in [3.8, 4) is 0 Å². The summed E-state index contributed by atoms with van der Waals surface area (Å²) in [6, 6.07) is 0. The zero-order valence-corrected chi connectivity index (χ0v) is 8.53. The van der Waals surface area contributed by atoms with Crippen LogP contribution in [0.3, 0.4) is 0 Å². The molecule has 0 aromatic rings. The minimum absolute atomic E-state index is 0.141. The first-order valence-electron chi connectivity index (χ1n) is 4.28. The summed E-state index contributed by atoms with van der Waals surface area (Å²) >= 11 is 0. The van der Waals surface area contributed by atoms with Gasteiger partial charge in [-0.1, -0.05) is 0 Å². The number of amides is 1. The van der Waals surface area contributed by atoms with E-state index < -0.39 is 25.4 Å². The normalized spacial score (nSPS) is 11.9. The van der Waals surface area contributed by atoms with Gasteiger partial charge in [0, 0.05) is 0 Å². The van der Waals surface area contributed by atoms with E-state index in [0.717, 1.165) is 0 Å². The zero-order chi connectivity index (χ0) is 11.2. The zero-order valence-electron chi connectivity index (χ0n) is 8.53. The van der Waals surface area contributed by atoms with Crippen molar-refractivity contribution in [3.05, 3.63) is 0 Å². The van der Waals surface area contributed by atoms with Gasteiger partial charge in [-0.2, -0.15) is 0 Å². The maximum absolute atomic E-state index is 11.3. The van der Waals surface area contributed by atoms with E-state index in [2.05, 4.69) is 5.32 Å². The van der Waals surface area contributed by atoms with Crippen molar-refractivity contribution < 1.29 is 20.1 Å². The molecule has 84 valence electrons. The van der Waals surface area contributed by atoms with Crippen LogP contribution < -0.4 is 5.32 Å². The molecule has 14 heavy (non-hydrogen) atoms. The van der Waals surface area contributed by atoms with Crippen LogP contribution in [-0.2, 0) is 4.79 Å². The quantitative estimate of drug-likeness (QED) is 0.382. The number of likely N-dealkylation sites (N-methyl/N-ethyl adjacent to an activating group) is 1. The number of hydrogen-bond acceptors (Lipinski definition) is 5. The smallest absolute Gasteiger partial charge is 0.234 e. The van der Waals surface area contributed by atoms with Crippen LogP contribution in [-0.4, -0.2) is 72.1 Å². The maximum atomic E-state index is 11.3. The molecule has 0 rings (SSSR count). The average Bonchev–Trinajstić information content (AvgIpc) is 2.13. The van der Waals surface area contributed by atoms with E-state index in [0.29, 0.717) is 0 Å². The van der Waals surface area contributed by atoms with Crippen molar-refractivity contribution >= 4 is 5.91 Å². The highest BCUT2D eigenvalue weighted by molar-refractivity contribution is 5.78. The van der Waals surface area contributed by atoms with E-state index in [9.17, 15) is 4.79 Å². The van der Waals surface area contributed by atoms with Crippen LogP contribution in [0, 0.1) is 0 Å². The third-order valence-electron chi connectivity index (χ3n) is 1.77. The molecule has 0 aliphatic heterocycles. The predicted molar refractivity (Wildman–Crippen MR) is 50.7 cm³/mol. The summed E-state index contributed by atoms with van der Waals surface area (Å²) in [5, 5.41) is 29.1. The summed E-state index contributed by atoms with van der Waals surface area (Å²) in [6.45, 7) is -1.36. The van der Waals surface area contributed by atoms with Gasteiger partial charge in [-0.05, 0) is 14.1 Å². The van der Waals surface area contributed by atoms with E-state index in [1.54, 1.807) is 19.0 Å². The fourth-order valence-corrected chi connectivity index (χ4v) is 0.891. The highest BCUT2D eigenvalue weighted by Crippen LogP contribution is 2.01. The minimum atomic E-state index is -1.33. The molecule has 0 aromatic heterocycles. The number of aliphatic hydroxyl groups excluding tert-OH is 3. The largest absolute Gasteiger partial charge is 0.394 e. The molecule has 4 N–H and O–H groups in total. The second-order valence-electron chi connectivity index (χ2n) is 3.54. The highest BCUT2D eigenvalue weighted by Gasteiger charge is 2.29. The van der Waals surface area contributed by atoms with Crippen LogP contribution in [0.4, 0.5) is 0 Å². The monoisotopic (exact) mass is 206 g/mol. The number of rotatable bonds is 6. The number of aliphatic hydroxyl groups is 3. The lowest BCUT2D eigenvalue weighted by molar-refractivity contribution is -0.126. The van der Waals surface area contributed by atoms with E-state index in [1.165, 1.54) is 0 Å². The lowest BCUT2D eigenvalue weighted by Crippen LogP contribution is -2.58. The van der Waals surface area contributed by atoms with Crippen molar-refractivity contribution in [1.29, 1.82) is 0 Å². The van der Waals surface area contributed by atoms with Crippen LogP contribution in [0.15, 0.2) is 0 Å². The van der Waals surface area contributed by atoms with Crippen molar-refractivity contribution in [2.75, 3.05) is 40.5 Å². The SMILES string of the molecule is CN(C)CC(=O)NC(CO)(CO)CO. The van der Waals surface area contributed by atoms with Crippen molar-refractivity contribution in [3.63, 3.8) is 0 Å².